The monoisotopic (exact) mass is 314 g/mol. The van der Waals surface area contributed by atoms with Crippen molar-refractivity contribution in [3.05, 3.63) is 17.0 Å². The van der Waals surface area contributed by atoms with Gasteiger partial charge >= 0.3 is 0 Å². The van der Waals surface area contributed by atoms with Gasteiger partial charge in [0.1, 0.15) is 0 Å². The number of piperidine rings is 1. The minimum absolute atomic E-state index is 0.331. The van der Waals surface area contributed by atoms with Crippen LogP contribution in [0, 0.1) is 19.8 Å². The summed E-state index contributed by atoms with van der Waals surface area (Å²) in [6.45, 7) is 6.73. The predicted octanol–water partition coefficient (Wildman–Crippen LogP) is 0.673. The minimum atomic E-state index is -3.09. The van der Waals surface area contributed by atoms with Crippen LogP contribution in [0.1, 0.15) is 29.8 Å². The molecule has 0 bridgehead atoms. The van der Waals surface area contributed by atoms with Crippen molar-refractivity contribution >= 4 is 10.0 Å². The first-order valence-corrected chi connectivity index (χ1v) is 9.35. The van der Waals surface area contributed by atoms with E-state index in [1.54, 1.807) is 4.31 Å². The lowest BCUT2D eigenvalue weighted by molar-refractivity contribution is 0.239. The van der Waals surface area contributed by atoms with E-state index in [2.05, 4.69) is 12.0 Å². The Balaban J connectivity index is 2.10. The number of nitrogens with two attached hydrogens (primary N) is 1. The molecule has 1 fully saturated rings. The molecule has 2 rings (SSSR count). The fourth-order valence-corrected chi connectivity index (χ4v) is 4.08. The van der Waals surface area contributed by atoms with Gasteiger partial charge in [0.05, 0.1) is 11.9 Å². The second-order valence-electron chi connectivity index (χ2n) is 6.00. The summed E-state index contributed by atoms with van der Waals surface area (Å²) >= 11 is 0. The van der Waals surface area contributed by atoms with E-state index in [4.69, 9.17) is 5.73 Å². The molecule has 1 aliphatic rings. The molecule has 1 aromatic rings. The predicted molar refractivity (Wildman–Crippen MR) is 83.6 cm³/mol. The molecule has 2 N–H and O–H groups in total. The minimum Gasteiger partial charge on any atom is -0.330 e. The van der Waals surface area contributed by atoms with Gasteiger partial charge in [-0.25, -0.2) is 12.7 Å². The Labute approximate surface area is 127 Å². The molecule has 1 unspecified atom stereocenters. The molecular formula is C14H26N4O2S. The van der Waals surface area contributed by atoms with E-state index in [9.17, 15) is 8.42 Å². The third-order valence-electron chi connectivity index (χ3n) is 4.31. The number of hydrogen-bond donors (Lipinski definition) is 1. The summed E-state index contributed by atoms with van der Waals surface area (Å²) in [6.07, 6.45) is 4.11. The Hall–Kier alpha value is -0.920. The smallest absolute Gasteiger partial charge is 0.211 e. The van der Waals surface area contributed by atoms with Gasteiger partial charge in [0, 0.05) is 25.3 Å². The number of hydrogen-bond acceptors (Lipinski definition) is 4. The van der Waals surface area contributed by atoms with Crippen molar-refractivity contribution in [2.75, 3.05) is 25.9 Å². The van der Waals surface area contributed by atoms with Gasteiger partial charge in [-0.05, 0) is 51.1 Å². The van der Waals surface area contributed by atoms with E-state index >= 15 is 0 Å². The van der Waals surface area contributed by atoms with Gasteiger partial charge in [-0.3, -0.25) is 4.68 Å². The molecule has 6 nitrogen and oxygen atoms in total. The second-order valence-corrected chi connectivity index (χ2v) is 7.98. The maximum Gasteiger partial charge on any atom is 0.211 e. The van der Waals surface area contributed by atoms with Gasteiger partial charge in [-0.15, -0.1) is 0 Å². The third kappa shape index (κ3) is 3.84. The Bertz CT molecular complexity index is 594. The first-order valence-electron chi connectivity index (χ1n) is 7.51. The van der Waals surface area contributed by atoms with Gasteiger partial charge < -0.3 is 5.73 Å². The number of aromatic nitrogens is 2. The van der Waals surface area contributed by atoms with Crippen molar-refractivity contribution in [2.45, 2.75) is 39.7 Å². The Morgan fingerprint density at radius 1 is 1.38 bits per heavy atom. The molecule has 0 spiro atoms. The summed E-state index contributed by atoms with van der Waals surface area (Å²) in [5, 5.41) is 4.60. The fourth-order valence-electron chi connectivity index (χ4n) is 3.14. The first kappa shape index (κ1) is 16.5. The highest BCUT2D eigenvalue weighted by molar-refractivity contribution is 7.88. The van der Waals surface area contributed by atoms with Gasteiger partial charge in [-0.2, -0.15) is 5.10 Å². The van der Waals surface area contributed by atoms with Crippen molar-refractivity contribution in [3.63, 3.8) is 0 Å². The van der Waals surface area contributed by atoms with Crippen LogP contribution in [0.4, 0.5) is 0 Å². The fraction of sp³-hybridized carbons (Fsp3) is 0.786. The van der Waals surface area contributed by atoms with Crippen molar-refractivity contribution in [1.29, 1.82) is 0 Å². The second kappa shape index (κ2) is 6.46. The molecule has 1 atom stereocenters. The number of rotatable bonds is 5. The molecule has 1 aromatic heterocycles. The van der Waals surface area contributed by atoms with Gasteiger partial charge in [0.15, 0.2) is 0 Å². The van der Waals surface area contributed by atoms with E-state index in [0.717, 1.165) is 37.2 Å². The third-order valence-corrected chi connectivity index (χ3v) is 5.58. The molecule has 1 aliphatic heterocycles. The first-order chi connectivity index (χ1) is 9.82. The zero-order chi connectivity index (χ0) is 15.6. The summed E-state index contributed by atoms with van der Waals surface area (Å²) in [7, 11) is -3.09. The van der Waals surface area contributed by atoms with Crippen molar-refractivity contribution < 1.29 is 8.42 Å². The number of aryl methyl sites for hydroxylation is 1. The van der Waals surface area contributed by atoms with Gasteiger partial charge in [-0.1, -0.05) is 0 Å². The van der Waals surface area contributed by atoms with E-state index in [1.807, 2.05) is 11.6 Å². The largest absolute Gasteiger partial charge is 0.330 e. The molecule has 21 heavy (non-hydrogen) atoms. The molecule has 2 heterocycles. The van der Waals surface area contributed by atoms with E-state index in [0.29, 0.717) is 25.6 Å². The quantitative estimate of drug-likeness (QED) is 0.866. The molecule has 1 saturated heterocycles. The van der Waals surface area contributed by atoms with E-state index < -0.39 is 10.0 Å². The topological polar surface area (TPSA) is 81.2 Å². The number of sulfonamides is 1. The van der Waals surface area contributed by atoms with Crippen molar-refractivity contribution in [2.24, 2.45) is 11.7 Å². The highest BCUT2D eigenvalue weighted by Gasteiger charge is 2.26. The number of nitrogens with zero attached hydrogens (tertiary/aromatic N) is 3. The Morgan fingerprint density at radius 3 is 2.71 bits per heavy atom. The van der Waals surface area contributed by atoms with E-state index in [-0.39, 0.29) is 0 Å². The van der Waals surface area contributed by atoms with Gasteiger partial charge in [0.25, 0.3) is 0 Å². The molecule has 0 aromatic carbocycles. The van der Waals surface area contributed by atoms with Crippen LogP contribution in [0.15, 0.2) is 0 Å². The summed E-state index contributed by atoms with van der Waals surface area (Å²) in [4.78, 5) is 0. The van der Waals surface area contributed by atoms with Crippen molar-refractivity contribution in [3.8, 4) is 0 Å². The van der Waals surface area contributed by atoms with Crippen LogP contribution in [0.25, 0.3) is 0 Å². The summed E-state index contributed by atoms with van der Waals surface area (Å²) < 4.78 is 27.0. The van der Waals surface area contributed by atoms with Crippen molar-refractivity contribution in [1.82, 2.24) is 14.1 Å². The summed E-state index contributed by atoms with van der Waals surface area (Å²) in [6, 6.07) is 0. The van der Waals surface area contributed by atoms with Crippen LogP contribution in [0.5, 0.6) is 0 Å². The Kier molecular flexibility index (Phi) is 5.06. The highest BCUT2D eigenvalue weighted by atomic mass is 32.2. The molecular weight excluding hydrogens is 288 g/mol. The van der Waals surface area contributed by atoms with Crippen LogP contribution >= 0.6 is 0 Å². The summed E-state index contributed by atoms with van der Waals surface area (Å²) in [5.74, 6) is 0.331. The maximum absolute atomic E-state index is 11.7. The SMILES string of the molecule is Cc1nn(CC2CCCN(S(C)(=O)=O)C2)c(C)c1CCN. The molecule has 7 heteroatoms. The van der Waals surface area contributed by atoms with Crippen LogP contribution in [0.3, 0.4) is 0 Å². The lowest BCUT2D eigenvalue weighted by Crippen LogP contribution is -2.40. The molecule has 0 saturated carbocycles. The van der Waals surface area contributed by atoms with Crippen LogP contribution < -0.4 is 5.73 Å². The summed E-state index contributed by atoms with van der Waals surface area (Å²) in [5.41, 5.74) is 9.07. The van der Waals surface area contributed by atoms with Crippen LogP contribution in [0.2, 0.25) is 0 Å². The lowest BCUT2D eigenvalue weighted by Gasteiger charge is -2.31. The van der Waals surface area contributed by atoms with Crippen LogP contribution in [-0.4, -0.2) is 48.4 Å². The average molecular weight is 314 g/mol. The Morgan fingerprint density at radius 2 is 2.10 bits per heavy atom. The maximum atomic E-state index is 11.7. The zero-order valence-electron chi connectivity index (χ0n) is 13.2. The molecule has 0 aliphatic carbocycles. The standard InChI is InChI=1S/C14H26N4O2S/c1-11-14(6-7-15)12(2)18(16-11)10-13-5-4-8-17(9-13)21(3,19)20/h13H,4-10,15H2,1-3H3. The van der Waals surface area contributed by atoms with Crippen LogP contribution in [-0.2, 0) is 23.0 Å². The zero-order valence-corrected chi connectivity index (χ0v) is 14.0. The molecule has 0 amide bonds. The normalized spacial score (nSPS) is 20.9. The average Bonchev–Trinajstić information content (AvgIpc) is 2.66. The highest BCUT2D eigenvalue weighted by Crippen LogP contribution is 2.22. The lowest BCUT2D eigenvalue weighted by atomic mass is 9.99. The van der Waals surface area contributed by atoms with E-state index in [1.165, 1.54) is 11.8 Å². The molecule has 120 valence electrons. The van der Waals surface area contributed by atoms with Gasteiger partial charge in [0.2, 0.25) is 10.0 Å². The molecule has 0 radical (unpaired) electrons.